The lowest BCUT2D eigenvalue weighted by Crippen LogP contribution is -2.43. The Hall–Kier alpha value is -2.56. The van der Waals surface area contributed by atoms with Gasteiger partial charge in [-0.15, -0.1) is 0 Å². The highest BCUT2D eigenvalue weighted by Gasteiger charge is 2.29. The molecular weight excluding hydrogens is 328 g/mol. The SMILES string of the molecule is CCC(C)c1ccc(NC(=O)C2CCCN(C(=O)c3ccoc3)C2)cc1. The molecule has 0 aliphatic carbocycles. The van der Waals surface area contributed by atoms with Crippen LogP contribution in [0.25, 0.3) is 0 Å². The van der Waals surface area contributed by atoms with Gasteiger partial charge in [-0.25, -0.2) is 0 Å². The number of furan rings is 1. The van der Waals surface area contributed by atoms with E-state index in [-0.39, 0.29) is 17.7 Å². The molecule has 0 saturated carbocycles. The zero-order valence-electron chi connectivity index (χ0n) is 15.4. The molecule has 2 unspecified atom stereocenters. The van der Waals surface area contributed by atoms with E-state index in [1.54, 1.807) is 11.0 Å². The van der Waals surface area contributed by atoms with Gasteiger partial charge < -0.3 is 14.6 Å². The minimum Gasteiger partial charge on any atom is -0.472 e. The lowest BCUT2D eigenvalue weighted by Gasteiger charge is -2.31. The third kappa shape index (κ3) is 4.15. The van der Waals surface area contributed by atoms with Gasteiger partial charge in [0.15, 0.2) is 0 Å². The van der Waals surface area contributed by atoms with Gasteiger partial charge in [0, 0.05) is 18.8 Å². The van der Waals surface area contributed by atoms with Crippen molar-refractivity contribution >= 4 is 17.5 Å². The quantitative estimate of drug-likeness (QED) is 0.871. The van der Waals surface area contributed by atoms with Gasteiger partial charge >= 0.3 is 0 Å². The maximum absolute atomic E-state index is 12.6. The Kier molecular flexibility index (Phi) is 5.76. The first-order chi connectivity index (χ1) is 12.6. The molecule has 1 aromatic carbocycles. The average Bonchev–Trinajstić information content (AvgIpc) is 3.22. The molecule has 1 fully saturated rings. The summed E-state index contributed by atoms with van der Waals surface area (Å²) < 4.78 is 4.99. The molecule has 1 aromatic heterocycles. The van der Waals surface area contributed by atoms with Crippen molar-refractivity contribution in [3.8, 4) is 0 Å². The van der Waals surface area contributed by atoms with Crippen LogP contribution < -0.4 is 5.32 Å². The number of benzene rings is 1. The molecule has 2 atom stereocenters. The van der Waals surface area contributed by atoms with Crippen molar-refractivity contribution in [2.75, 3.05) is 18.4 Å². The van der Waals surface area contributed by atoms with E-state index in [1.165, 1.54) is 18.1 Å². The molecular formula is C21H26N2O3. The molecule has 1 N–H and O–H groups in total. The van der Waals surface area contributed by atoms with Crippen LogP contribution in [-0.2, 0) is 4.79 Å². The van der Waals surface area contributed by atoms with Crippen molar-refractivity contribution < 1.29 is 14.0 Å². The number of hydrogen-bond donors (Lipinski definition) is 1. The Morgan fingerprint density at radius 3 is 2.69 bits per heavy atom. The monoisotopic (exact) mass is 354 g/mol. The van der Waals surface area contributed by atoms with Gasteiger partial charge in [-0.3, -0.25) is 9.59 Å². The molecule has 1 aliphatic heterocycles. The second-order valence-electron chi connectivity index (χ2n) is 7.02. The molecule has 1 aliphatic rings. The molecule has 26 heavy (non-hydrogen) atoms. The summed E-state index contributed by atoms with van der Waals surface area (Å²) in [5, 5.41) is 2.99. The van der Waals surface area contributed by atoms with Crippen molar-refractivity contribution in [1.82, 2.24) is 4.90 Å². The maximum Gasteiger partial charge on any atom is 0.257 e. The number of piperidine rings is 1. The van der Waals surface area contributed by atoms with Crippen LogP contribution in [0.5, 0.6) is 0 Å². The number of nitrogens with zero attached hydrogens (tertiary/aromatic N) is 1. The first kappa shape index (κ1) is 18.2. The van der Waals surface area contributed by atoms with Crippen molar-refractivity contribution in [2.24, 2.45) is 5.92 Å². The van der Waals surface area contributed by atoms with E-state index in [0.717, 1.165) is 24.9 Å². The molecule has 2 heterocycles. The van der Waals surface area contributed by atoms with E-state index in [2.05, 4.69) is 31.3 Å². The Balaban J connectivity index is 1.60. The smallest absolute Gasteiger partial charge is 0.257 e. The Bertz CT molecular complexity index is 737. The van der Waals surface area contributed by atoms with Crippen LogP contribution in [0.4, 0.5) is 5.69 Å². The van der Waals surface area contributed by atoms with E-state index in [4.69, 9.17) is 4.42 Å². The van der Waals surface area contributed by atoms with Crippen molar-refractivity contribution in [3.05, 3.63) is 54.0 Å². The predicted octanol–water partition coefficient (Wildman–Crippen LogP) is 4.28. The fraction of sp³-hybridized carbons (Fsp3) is 0.429. The van der Waals surface area contributed by atoms with E-state index in [9.17, 15) is 9.59 Å². The normalized spacial score (nSPS) is 18.4. The molecule has 3 rings (SSSR count). The van der Waals surface area contributed by atoms with Gasteiger partial charge in [0.2, 0.25) is 5.91 Å². The summed E-state index contributed by atoms with van der Waals surface area (Å²) in [5.74, 6) is 0.231. The topological polar surface area (TPSA) is 62.6 Å². The standard InChI is InChI=1S/C21H26N2O3/c1-3-15(2)16-6-8-19(9-7-16)22-20(24)17-5-4-11-23(13-17)21(25)18-10-12-26-14-18/h6-10,12,14-15,17H,3-5,11,13H2,1-2H3,(H,22,24). The number of likely N-dealkylation sites (tertiary alicyclic amines) is 1. The van der Waals surface area contributed by atoms with Gasteiger partial charge in [0.1, 0.15) is 6.26 Å². The number of carbonyl (C=O) groups is 2. The molecule has 5 nitrogen and oxygen atoms in total. The van der Waals surface area contributed by atoms with E-state index in [0.29, 0.717) is 24.6 Å². The second-order valence-corrected chi connectivity index (χ2v) is 7.02. The summed E-state index contributed by atoms with van der Waals surface area (Å²) in [5.41, 5.74) is 2.62. The van der Waals surface area contributed by atoms with Crippen LogP contribution in [-0.4, -0.2) is 29.8 Å². The molecule has 2 amide bonds. The number of amides is 2. The van der Waals surface area contributed by atoms with E-state index >= 15 is 0 Å². The molecule has 0 radical (unpaired) electrons. The van der Waals surface area contributed by atoms with Crippen LogP contribution in [0.1, 0.15) is 54.9 Å². The zero-order valence-corrected chi connectivity index (χ0v) is 15.4. The van der Waals surface area contributed by atoms with Gasteiger partial charge in [-0.1, -0.05) is 26.0 Å². The largest absolute Gasteiger partial charge is 0.472 e. The van der Waals surface area contributed by atoms with Crippen molar-refractivity contribution in [2.45, 2.75) is 39.0 Å². The summed E-state index contributed by atoms with van der Waals surface area (Å²) in [4.78, 5) is 26.8. The van der Waals surface area contributed by atoms with E-state index in [1.807, 2.05) is 12.1 Å². The summed E-state index contributed by atoms with van der Waals surface area (Å²) in [7, 11) is 0. The van der Waals surface area contributed by atoms with Crippen LogP contribution in [0.3, 0.4) is 0 Å². The third-order valence-corrected chi connectivity index (χ3v) is 5.21. The van der Waals surface area contributed by atoms with Gasteiger partial charge in [-0.05, 0) is 48.9 Å². The molecule has 138 valence electrons. The second kappa shape index (κ2) is 8.21. The van der Waals surface area contributed by atoms with Crippen LogP contribution in [0.15, 0.2) is 47.3 Å². The average molecular weight is 354 g/mol. The van der Waals surface area contributed by atoms with Gasteiger partial charge in [0.05, 0.1) is 17.7 Å². The Morgan fingerprint density at radius 1 is 1.27 bits per heavy atom. The molecule has 0 spiro atoms. The highest BCUT2D eigenvalue weighted by atomic mass is 16.3. The van der Waals surface area contributed by atoms with Crippen LogP contribution in [0, 0.1) is 5.92 Å². The molecule has 0 bridgehead atoms. The first-order valence-electron chi connectivity index (χ1n) is 9.30. The highest BCUT2D eigenvalue weighted by molar-refractivity contribution is 5.96. The summed E-state index contributed by atoms with van der Waals surface area (Å²) in [6, 6.07) is 9.71. The Labute approximate surface area is 154 Å². The fourth-order valence-electron chi connectivity index (χ4n) is 3.32. The number of carbonyl (C=O) groups excluding carboxylic acids is 2. The zero-order chi connectivity index (χ0) is 18.5. The minimum atomic E-state index is -0.186. The summed E-state index contributed by atoms with van der Waals surface area (Å²) in [6.07, 6.45) is 5.66. The lowest BCUT2D eigenvalue weighted by molar-refractivity contribution is -0.121. The lowest BCUT2D eigenvalue weighted by atomic mass is 9.96. The highest BCUT2D eigenvalue weighted by Crippen LogP contribution is 2.23. The predicted molar refractivity (Wildman–Crippen MR) is 101 cm³/mol. The van der Waals surface area contributed by atoms with Crippen molar-refractivity contribution in [1.29, 1.82) is 0 Å². The van der Waals surface area contributed by atoms with Gasteiger partial charge in [0.25, 0.3) is 5.91 Å². The molecule has 1 saturated heterocycles. The summed E-state index contributed by atoms with van der Waals surface area (Å²) in [6.45, 7) is 5.49. The first-order valence-corrected chi connectivity index (χ1v) is 9.30. The van der Waals surface area contributed by atoms with Crippen LogP contribution >= 0.6 is 0 Å². The van der Waals surface area contributed by atoms with Gasteiger partial charge in [-0.2, -0.15) is 0 Å². The number of nitrogens with one attached hydrogen (secondary N) is 1. The molecule has 5 heteroatoms. The Morgan fingerprint density at radius 2 is 2.04 bits per heavy atom. The third-order valence-electron chi connectivity index (χ3n) is 5.21. The minimum absolute atomic E-state index is 0.0222. The number of anilines is 1. The maximum atomic E-state index is 12.6. The fourth-order valence-corrected chi connectivity index (χ4v) is 3.32. The van der Waals surface area contributed by atoms with Crippen LogP contribution in [0.2, 0.25) is 0 Å². The summed E-state index contributed by atoms with van der Waals surface area (Å²) >= 11 is 0. The van der Waals surface area contributed by atoms with Crippen molar-refractivity contribution in [3.63, 3.8) is 0 Å². The number of rotatable bonds is 5. The number of hydrogen-bond acceptors (Lipinski definition) is 3. The molecule has 2 aromatic rings. The van der Waals surface area contributed by atoms with E-state index < -0.39 is 0 Å².